The van der Waals surface area contributed by atoms with E-state index in [4.69, 9.17) is 17.0 Å². The van der Waals surface area contributed by atoms with Crippen LogP contribution in [0.1, 0.15) is 0 Å². The zero-order valence-corrected chi connectivity index (χ0v) is 10.4. The number of allylic oxidation sites excluding steroid dienone is 3. The highest BCUT2D eigenvalue weighted by molar-refractivity contribution is 8.03. The van der Waals surface area contributed by atoms with Crippen molar-refractivity contribution in [2.75, 3.05) is 25.4 Å². The molecule has 2 heterocycles. The van der Waals surface area contributed by atoms with E-state index in [2.05, 4.69) is 23.5 Å². The number of thioether (sulfide) groups is 1. The number of nitrogens with one attached hydrogen (secondary N) is 2. The molecule has 6 heteroatoms. The first-order chi connectivity index (χ1) is 8.15. The van der Waals surface area contributed by atoms with E-state index in [-0.39, 0.29) is 5.84 Å². The molecule has 0 atom stereocenters. The molecule has 0 bridgehead atoms. The number of hydrogen-bond donors (Lipinski definition) is 4. The molecular weight excluding hydrogens is 234 g/mol. The fourth-order valence-electron chi connectivity index (χ4n) is 1.82. The van der Waals surface area contributed by atoms with Gasteiger partial charge in [0.25, 0.3) is 0 Å². The number of dihydropyridines is 1. The van der Waals surface area contributed by atoms with E-state index in [1.807, 2.05) is 0 Å². The summed E-state index contributed by atoms with van der Waals surface area (Å²) in [7, 11) is 0. The predicted octanol–water partition coefficient (Wildman–Crippen LogP) is 0.142. The second-order valence-corrected chi connectivity index (χ2v) is 5.07. The minimum atomic E-state index is 0.0932. The second kappa shape index (κ2) is 5.39. The molecule has 0 aromatic carbocycles. The fourth-order valence-corrected chi connectivity index (χ4v) is 2.80. The quantitative estimate of drug-likeness (QED) is 0.247. The van der Waals surface area contributed by atoms with Crippen molar-refractivity contribution in [2.45, 2.75) is 0 Å². The Balaban J connectivity index is 1.99. The third-order valence-corrected chi connectivity index (χ3v) is 3.67. The van der Waals surface area contributed by atoms with E-state index < -0.39 is 0 Å². The van der Waals surface area contributed by atoms with Crippen LogP contribution in [0.4, 0.5) is 0 Å². The summed E-state index contributed by atoms with van der Waals surface area (Å²) in [5.74, 6) is 6.82. The van der Waals surface area contributed by atoms with Gasteiger partial charge in [-0.3, -0.25) is 11.3 Å². The summed E-state index contributed by atoms with van der Waals surface area (Å²) >= 11 is 1.80. The molecule has 5 nitrogen and oxygen atoms in total. The van der Waals surface area contributed by atoms with E-state index in [9.17, 15) is 0 Å². The highest BCUT2D eigenvalue weighted by atomic mass is 32.2. The number of hydrogen-bond acceptors (Lipinski definition) is 5. The van der Waals surface area contributed by atoms with E-state index in [1.165, 1.54) is 16.2 Å². The molecule has 0 unspecified atom stereocenters. The van der Waals surface area contributed by atoms with Crippen molar-refractivity contribution in [2.24, 2.45) is 11.6 Å². The molecule has 0 fully saturated rings. The van der Waals surface area contributed by atoms with Gasteiger partial charge in [-0.1, -0.05) is 18.2 Å². The van der Waals surface area contributed by atoms with Crippen LogP contribution in [0.5, 0.6) is 0 Å². The number of nitrogens with zero attached hydrogens (tertiary/aromatic N) is 1. The van der Waals surface area contributed by atoms with Gasteiger partial charge in [0.2, 0.25) is 0 Å². The average Bonchev–Trinajstić information content (AvgIpc) is 2.27. The maximum Gasteiger partial charge on any atom is 0.106 e. The first-order valence-electron chi connectivity index (χ1n) is 5.44. The van der Waals surface area contributed by atoms with Crippen LogP contribution >= 0.6 is 11.8 Å². The topological polar surface area (TPSA) is 91.2 Å². The average molecular weight is 251 g/mol. The van der Waals surface area contributed by atoms with Crippen LogP contribution in [-0.2, 0) is 0 Å². The molecule has 0 aromatic heterocycles. The van der Waals surface area contributed by atoms with Gasteiger partial charge in [0.15, 0.2) is 0 Å². The molecule has 0 spiro atoms. The van der Waals surface area contributed by atoms with Gasteiger partial charge < -0.3 is 11.1 Å². The Hall–Kier alpha value is -1.24. The lowest BCUT2D eigenvalue weighted by molar-refractivity contribution is 0.351. The normalized spacial score (nSPS) is 18.8. The maximum atomic E-state index is 7.19. The van der Waals surface area contributed by atoms with E-state index >= 15 is 0 Å². The number of nitrogens with two attached hydrogens (primary N) is 2. The van der Waals surface area contributed by atoms with Crippen LogP contribution in [0.2, 0.25) is 0 Å². The lowest BCUT2D eigenvalue weighted by Crippen LogP contribution is -2.40. The maximum absolute atomic E-state index is 7.19. The van der Waals surface area contributed by atoms with Gasteiger partial charge >= 0.3 is 0 Å². The SMILES string of the molecule is N=C(N)CN(N)CC1=CC2=C(NCC=C2)SC1. The zero-order chi connectivity index (χ0) is 12.3. The highest BCUT2D eigenvalue weighted by Gasteiger charge is 2.15. The van der Waals surface area contributed by atoms with Crippen molar-refractivity contribution in [1.29, 1.82) is 5.41 Å². The van der Waals surface area contributed by atoms with Crippen LogP contribution < -0.4 is 16.9 Å². The molecule has 0 saturated heterocycles. The van der Waals surface area contributed by atoms with E-state index in [0.717, 1.165) is 12.3 Å². The van der Waals surface area contributed by atoms with Gasteiger partial charge in [-0.25, -0.2) is 5.01 Å². The van der Waals surface area contributed by atoms with Crippen molar-refractivity contribution in [3.05, 3.63) is 34.4 Å². The van der Waals surface area contributed by atoms with Gasteiger partial charge in [-0.05, 0) is 5.57 Å². The summed E-state index contributed by atoms with van der Waals surface area (Å²) in [4.78, 5) is 0. The van der Waals surface area contributed by atoms with Gasteiger partial charge in [0.05, 0.1) is 11.6 Å². The van der Waals surface area contributed by atoms with Gasteiger partial charge in [-0.2, -0.15) is 0 Å². The standard InChI is InChI=1S/C11H17N5S/c12-10(13)6-16(14)5-8-4-9-2-1-3-15-11(9)17-7-8/h1-2,4,15H,3,5-7,14H2,(H3,12,13). The van der Waals surface area contributed by atoms with Gasteiger partial charge in [0.1, 0.15) is 5.84 Å². The number of amidine groups is 1. The van der Waals surface area contributed by atoms with Gasteiger partial charge in [-0.15, -0.1) is 11.8 Å². The molecule has 2 aliphatic heterocycles. The molecule has 0 saturated carbocycles. The smallest absolute Gasteiger partial charge is 0.106 e. The minimum absolute atomic E-state index is 0.0932. The van der Waals surface area contributed by atoms with E-state index in [0.29, 0.717) is 13.1 Å². The van der Waals surface area contributed by atoms with Crippen LogP contribution in [-0.4, -0.2) is 36.2 Å². The Labute approximate surface area is 105 Å². The summed E-state index contributed by atoms with van der Waals surface area (Å²) in [5, 5.41) is 13.3. The van der Waals surface area contributed by atoms with Crippen molar-refractivity contribution in [3.8, 4) is 0 Å². The molecule has 0 aliphatic carbocycles. The molecule has 6 N–H and O–H groups in total. The Bertz CT molecular complexity index is 410. The Morgan fingerprint density at radius 2 is 2.41 bits per heavy atom. The largest absolute Gasteiger partial charge is 0.387 e. The summed E-state index contributed by atoms with van der Waals surface area (Å²) in [6.45, 7) is 1.86. The van der Waals surface area contributed by atoms with Crippen LogP contribution in [0, 0.1) is 5.41 Å². The monoisotopic (exact) mass is 251 g/mol. The number of hydrazine groups is 1. The zero-order valence-electron chi connectivity index (χ0n) is 9.57. The summed E-state index contributed by atoms with van der Waals surface area (Å²) < 4.78 is 0. The van der Waals surface area contributed by atoms with Crippen molar-refractivity contribution in [3.63, 3.8) is 0 Å². The summed E-state index contributed by atoms with van der Waals surface area (Å²) in [5.41, 5.74) is 7.79. The number of rotatable bonds is 4. The Morgan fingerprint density at radius 1 is 1.59 bits per heavy atom. The predicted molar refractivity (Wildman–Crippen MR) is 72.4 cm³/mol. The lowest BCUT2D eigenvalue weighted by Gasteiger charge is -2.24. The molecule has 2 rings (SSSR count). The van der Waals surface area contributed by atoms with Gasteiger partial charge in [0, 0.05) is 24.4 Å². The van der Waals surface area contributed by atoms with Crippen molar-refractivity contribution >= 4 is 17.6 Å². The molecule has 0 amide bonds. The molecule has 2 aliphatic rings. The highest BCUT2D eigenvalue weighted by Crippen LogP contribution is 2.29. The Morgan fingerprint density at radius 3 is 3.18 bits per heavy atom. The van der Waals surface area contributed by atoms with Crippen molar-refractivity contribution in [1.82, 2.24) is 10.3 Å². The second-order valence-electron chi connectivity index (χ2n) is 4.09. The molecular formula is C11H17N5S. The molecule has 0 radical (unpaired) electrons. The summed E-state index contributed by atoms with van der Waals surface area (Å²) in [6.07, 6.45) is 6.40. The third-order valence-electron chi connectivity index (χ3n) is 2.48. The summed E-state index contributed by atoms with van der Waals surface area (Å²) in [6, 6.07) is 0. The third kappa shape index (κ3) is 3.36. The molecule has 0 aromatic rings. The Kier molecular flexibility index (Phi) is 3.88. The van der Waals surface area contributed by atoms with Crippen LogP contribution in [0.3, 0.4) is 0 Å². The first kappa shape index (κ1) is 12.2. The van der Waals surface area contributed by atoms with Crippen LogP contribution in [0.25, 0.3) is 0 Å². The van der Waals surface area contributed by atoms with E-state index in [1.54, 1.807) is 16.8 Å². The van der Waals surface area contributed by atoms with Crippen molar-refractivity contribution < 1.29 is 0 Å². The molecule has 92 valence electrons. The fraction of sp³-hybridized carbons (Fsp3) is 0.364. The lowest BCUT2D eigenvalue weighted by atomic mass is 10.1. The van der Waals surface area contributed by atoms with Crippen LogP contribution in [0.15, 0.2) is 34.4 Å². The first-order valence-corrected chi connectivity index (χ1v) is 6.43. The molecule has 17 heavy (non-hydrogen) atoms. The minimum Gasteiger partial charge on any atom is -0.387 e.